The number of alkyl halides is 1. The normalized spacial score (nSPS) is 55.6. The summed E-state index contributed by atoms with van der Waals surface area (Å²) in [7, 11) is 1.51. The molecule has 4 heteroatoms. The summed E-state index contributed by atoms with van der Waals surface area (Å²) in [6.07, 6.45) is 11.1. The molecule has 0 N–H and O–H groups in total. The molecule has 4 saturated carbocycles. The van der Waals surface area contributed by atoms with E-state index in [9.17, 15) is 9.59 Å². The molecule has 196 valence electrons. The number of hydrogen-bond acceptors (Lipinski definition) is 3. The van der Waals surface area contributed by atoms with Crippen LogP contribution in [0, 0.1) is 56.7 Å². The summed E-state index contributed by atoms with van der Waals surface area (Å²) in [5.41, 5.74) is 0.973. The number of halogens is 1. The SMILES string of the molecule is COC(=O)[C@]1(C)[C@@H]2CC[C@]3(C)[C@H](C(=O)C=C4[C@@H]5[C@@H](C)[C@H](C)CC[C@]5(C)CC[C@]43C)[C@@]2(C)CC[C@@H]1Br. The van der Waals surface area contributed by atoms with Crippen LogP contribution in [0.1, 0.15) is 99.8 Å². The molecule has 0 aromatic rings. The molecular weight excluding hydrogens is 500 g/mol. The van der Waals surface area contributed by atoms with Crippen LogP contribution in [0.3, 0.4) is 0 Å². The minimum absolute atomic E-state index is 0.0350. The van der Waals surface area contributed by atoms with Gasteiger partial charge in [0.25, 0.3) is 0 Å². The van der Waals surface area contributed by atoms with E-state index >= 15 is 0 Å². The second-order valence-corrected chi connectivity index (χ2v) is 15.7. The van der Waals surface area contributed by atoms with Crippen LogP contribution < -0.4 is 0 Å². The van der Waals surface area contributed by atoms with Crippen molar-refractivity contribution in [2.45, 2.75) is 105 Å². The topological polar surface area (TPSA) is 43.4 Å². The number of hydrogen-bond donors (Lipinski definition) is 0. The third-order valence-corrected chi connectivity index (χ3v) is 14.7. The summed E-state index contributed by atoms with van der Waals surface area (Å²) in [4.78, 5) is 27.7. The summed E-state index contributed by atoms with van der Waals surface area (Å²) in [5.74, 6) is 2.17. The average Bonchev–Trinajstić information content (AvgIpc) is 2.80. The van der Waals surface area contributed by atoms with E-state index in [1.165, 1.54) is 38.4 Å². The summed E-state index contributed by atoms with van der Waals surface area (Å²) in [6, 6.07) is 0. The maximum absolute atomic E-state index is 14.4. The van der Waals surface area contributed by atoms with Gasteiger partial charge in [0.15, 0.2) is 5.78 Å². The van der Waals surface area contributed by atoms with Gasteiger partial charge in [0, 0.05) is 10.7 Å². The lowest BCUT2D eigenvalue weighted by Crippen LogP contribution is -2.67. The minimum Gasteiger partial charge on any atom is -0.469 e. The Bertz CT molecular complexity index is 972. The van der Waals surface area contributed by atoms with Gasteiger partial charge in [-0.3, -0.25) is 9.59 Å². The zero-order valence-electron chi connectivity index (χ0n) is 23.3. The van der Waals surface area contributed by atoms with Crippen molar-refractivity contribution in [2.24, 2.45) is 56.7 Å². The molecule has 0 heterocycles. The van der Waals surface area contributed by atoms with Crippen molar-refractivity contribution in [3.05, 3.63) is 11.6 Å². The summed E-state index contributed by atoms with van der Waals surface area (Å²) in [6.45, 7) is 16.8. The molecule has 5 aliphatic rings. The molecule has 5 aliphatic carbocycles. The lowest BCUT2D eigenvalue weighted by atomic mass is 9.33. The highest BCUT2D eigenvalue weighted by Crippen LogP contribution is 2.75. The van der Waals surface area contributed by atoms with Crippen molar-refractivity contribution in [3.63, 3.8) is 0 Å². The van der Waals surface area contributed by atoms with E-state index < -0.39 is 5.41 Å². The minimum atomic E-state index is -0.604. The van der Waals surface area contributed by atoms with Gasteiger partial charge >= 0.3 is 5.97 Å². The largest absolute Gasteiger partial charge is 0.469 e. The smallest absolute Gasteiger partial charge is 0.312 e. The molecule has 0 radical (unpaired) electrons. The van der Waals surface area contributed by atoms with Crippen LogP contribution >= 0.6 is 15.9 Å². The van der Waals surface area contributed by atoms with Gasteiger partial charge in [-0.05, 0) is 110 Å². The van der Waals surface area contributed by atoms with Gasteiger partial charge in [-0.1, -0.05) is 63.0 Å². The first-order chi connectivity index (χ1) is 16.2. The third kappa shape index (κ3) is 3.07. The van der Waals surface area contributed by atoms with E-state index in [-0.39, 0.29) is 38.9 Å². The number of ether oxygens (including phenoxy) is 1. The molecule has 35 heavy (non-hydrogen) atoms. The predicted octanol–water partition coefficient (Wildman–Crippen LogP) is 7.76. The standard InChI is InChI=1S/C31H47BrO3/c1-18-9-12-27(3)15-16-29(5)20(24(27)19(18)2)17-21(33)25-28(4)13-11-23(32)31(7,26(34)35-8)22(28)10-14-30(25,29)6/h17-19,22-25H,9-16H2,1-8H3/t18-,19+,22-,23+,24+,25-,27-,28+,29-,30-,31-/m1/s1. The van der Waals surface area contributed by atoms with Gasteiger partial charge in [0.2, 0.25) is 0 Å². The van der Waals surface area contributed by atoms with Crippen LogP contribution in [0.25, 0.3) is 0 Å². The number of ketones is 1. The molecular formula is C31H47BrO3. The zero-order valence-corrected chi connectivity index (χ0v) is 24.9. The molecule has 0 amide bonds. The van der Waals surface area contributed by atoms with E-state index in [0.717, 1.165) is 25.7 Å². The Morgan fingerprint density at radius 2 is 1.66 bits per heavy atom. The van der Waals surface area contributed by atoms with Crippen molar-refractivity contribution in [1.82, 2.24) is 0 Å². The van der Waals surface area contributed by atoms with Crippen LogP contribution in [0.4, 0.5) is 0 Å². The first-order valence-corrected chi connectivity index (χ1v) is 15.1. The molecule has 3 nitrogen and oxygen atoms in total. The van der Waals surface area contributed by atoms with Gasteiger partial charge < -0.3 is 4.74 Å². The van der Waals surface area contributed by atoms with Gasteiger partial charge in [-0.2, -0.15) is 0 Å². The molecule has 11 atom stereocenters. The Morgan fingerprint density at radius 3 is 2.31 bits per heavy atom. The molecule has 0 saturated heterocycles. The molecule has 4 fully saturated rings. The van der Waals surface area contributed by atoms with Crippen molar-refractivity contribution < 1.29 is 14.3 Å². The first-order valence-electron chi connectivity index (χ1n) is 14.2. The predicted molar refractivity (Wildman–Crippen MR) is 144 cm³/mol. The summed E-state index contributed by atoms with van der Waals surface area (Å²) in [5, 5.41) is 0. The van der Waals surface area contributed by atoms with Crippen LogP contribution in [0.15, 0.2) is 11.6 Å². The van der Waals surface area contributed by atoms with Crippen molar-refractivity contribution in [1.29, 1.82) is 0 Å². The molecule has 0 spiro atoms. The number of carbonyl (C=O) groups is 2. The molecule has 0 aliphatic heterocycles. The van der Waals surface area contributed by atoms with Crippen molar-refractivity contribution in [3.8, 4) is 0 Å². The Kier molecular flexibility index (Phi) is 5.89. The molecule has 0 aromatic heterocycles. The average molecular weight is 548 g/mol. The van der Waals surface area contributed by atoms with E-state index in [0.29, 0.717) is 29.0 Å². The van der Waals surface area contributed by atoms with Crippen molar-refractivity contribution in [2.75, 3.05) is 7.11 Å². The fourth-order valence-corrected chi connectivity index (χ4v) is 11.6. The Labute approximate surface area is 221 Å². The molecule has 0 bridgehead atoms. The quantitative estimate of drug-likeness (QED) is 0.249. The number of carbonyl (C=O) groups excluding carboxylic acids is 2. The van der Waals surface area contributed by atoms with Crippen LogP contribution in [0.5, 0.6) is 0 Å². The Hall–Kier alpha value is -0.640. The lowest BCUT2D eigenvalue weighted by molar-refractivity contribution is -0.197. The van der Waals surface area contributed by atoms with Gasteiger partial charge in [-0.25, -0.2) is 0 Å². The highest BCUT2D eigenvalue weighted by Gasteiger charge is 2.71. The Morgan fingerprint density at radius 1 is 0.971 bits per heavy atom. The van der Waals surface area contributed by atoms with E-state index in [4.69, 9.17) is 4.74 Å². The monoisotopic (exact) mass is 546 g/mol. The molecule has 0 unspecified atom stereocenters. The van der Waals surface area contributed by atoms with Crippen molar-refractivity contribution >= 4 is 27.7 Å². The summed E-state index contributed by atoms with van der Waals surface area (Å²) < 4.78 is 5.38. The van der Waals surface area contributed by atoms with Crippen LogP contribution in [-0.2, 0) is 14.3 Å². The third-order valence-electron chi connectivity index (χ3n) is 13.3. The lowest BCUT2D eigenvalue weighted by Gasteiger charge is -2.70. The van der Waals surface area contributed by atoms with E-state index in [1.54, 1.807) is 0 Å². The second kappa shape index (κ2) is 7.93. The summed E-state index contributed by atoms with van der Waals surface area (Å²) >= 11 is 3.88. The molecule has 5 rings (SSSR count). The maximum Gasteiger partial charge on any atom is 0.312 e. The molecule has 0 aromatic carbocycles. The number of rotatable bonds is 1. The fourth-order valence-electron chi connectivity index (χ4n) is 10.8. The first kappa shape index (κ1) is 26.0. The van der Waals surface area contributed by atoms with E-state index in [2.05, 4.69) is 70.5 Å². The Balaban J connectivity index is 1.64. The highest BCUT2D eigenvalue weighted by atomic mass is 79.9. The zero-order chi connectivity index (χ0) is 25.8. The van der Waals surface area contributed by atoms with Gasteiger partial charge in [0.05, 0.1) is 12.5 Å². The highest BCUT2D eigenvalue weighted by molar-refractivity contribution is 9.09. The van der Waals surface area contributed by atoms with Crippen LogP contribution in [0.2, 0.25) is 0 Å². The number of fused-ring (bicyclic) bond motifs is 7. The fraction of sp³-hybridized carbons (Fsp3) is 0.871. The maximum atomic E-state index is 14.4. The van der Waals surface area contributed by atoms with Gasteiger partial charge in [-0.15, -0.1) is 0 Å². The van der Waals surface area contributed by atoms with Gasteiger partial charge in [0.1, 0.15) is 0 Å². The van der Waals surface area contributed by atoms with E-state index in [1.807, 2.05) is 0 Å². The number of allylic oxidation sites excluding steroid dienone is 2. The number of methoxy groups -OCH3 is 1. The van der Waals surface area contributed by atoms with Crippen LogP contribution in [-0.4, -0.2) is 23.7 Å². The second-order valence-electron chi connectivity index (χ2n) is 14.6. The number of esters is 1.